The van der Waals surface area contributed by atoms with E-state index in [1.54, 1.807) is 0 Å². The molecule has 1 saturated heterocycles. The lowest BCUT2D eigenvalue weighted by molar-refractivity contribution is -0.262. The molecule has 1 aliphatic heterocycles. The Hall–Kier alpha value is -1.43. The average molecular weight is 496 g/mol. The molecule has 8 atom stereocenters. The number of hydrogen-bond donors (Lipinski definition) is 2. The molecule has 0 bridgehead atoms. The summed E-state index contributed by atoms with van der Waals surface area (Å²) < 4.78 is 12.7. The number of ether oxygens (including phenoxy) is 2. The van der Waals surface area contributed by atoms with E-state index in [2.05, 4.69) is 26.1 Å². The van der Waals surface area contributed by atoms with Crippen molar-refractivity contribution in [2.24, 2.45) is 39.9 Å². The predicted octanol–water partition coefficient (Wildman–Crippen LogP) is 6.19. The Balaban J connectivity index is 1.15. The van der Waals surface area contributed by atoms with Crippen LogP contribution in [0.25, 0.3) is 0 Å². The van der Waals surface area contributed by atoms with Crippen LogP contribution in [0.1, 0.15) is 90.2 Å². The molecular formula is C31H45NO4. The van der Waals surface area contributed by atoms with Gasteiger partial charge < -0.3 is 19.9 Å². The summed E-state index contributed by atoms with van der Waals surface area (Å²) in [5.74, 6) is 1.64. The number of benzene rings is 1. The molecule has 0 aromatic heterocycles. The number of carboxylic acid groups (broad SMARTS) is 1. The van der Waals surface area contributed by atoms with E-state index in [1.807, 2.05) is 30.3 Å². The number of nitrogens with one attached hydrogen (secondary N) is 1. The van der Waals surface area contributed by atoms with Gasteiger partial charge in [0.05, 0.1) is 13.2 Å². The minimum atomic E-state index is -0.787. The third-order valence-corrected chi connectivity index (χ3v) is 12.2. The average Bonchev–Trinajstić information content (AvgIpc) is 3.46. The molecular weight excluding hydrogens is 450 g/mol. The van der Waals surface area contributed by atoms with E-state index >= 15 is 0 Å². The Morgan fingerprint density at radius 3 is 2.36 bits per heavy atom. The molecule has 1 spiro atoms. The van der Waals surface area contributed by atoms with Crippen LogP contribution >= 0.6 is 0 Å². The van der Waals surface area contributed by atoms with E-state index in [-0.39, 0.29) is 11.2 Å². The molecule has 5 nitrogen and oxygen atoms in total. The largest absolute Gasteiger partial charge is 0.480 e. The number of rotatable bonds is 5. The highest BCUT2D eigenvalue weighted by Crippen LogP contribution is 2.74. The fourth-order valence-corrected chi connectivity index (χ4v) is 10.4. The minimum absolute atomic E-state index is 0.141. The maximum atomic E-state index is 12.0. The standard InChI is InChI=1S/C31H45NO4/c1-28-13-9-21(20-32-26(27(33)34)22-7-5-4-6-8-22)19-23(28)10-14-29(2)24(28)11-15-30(3)25(29)12-16-31(30)35-17-18-36-31/h4-8,21,23-26,32H,9-20H2,1-3H3,(H,33,34)/t21?,23?,24?,25?,26-,28?,29?,30?/m1/s1. The van der Waals surface area contributed by atoms with Crippen molar-refractivity contribution in [3.05, 3.63) is 35.9 Å². The van der Waals surface area contributed by atoms with Crippen molar-refractivity contribution in [3.63, 3.8) is 0 Å². The molecule has 1 aromatic rings. The molecule has 4 saturated carbocycles. The molecule has 0 amide bonds. The van der Waals surface area contributed by atoms with Crippen molar-refractivity contribution in [2.75, 3.05) is 19.8 Å². The zero-order valence-corrected chi connectivity index (χ0v) is 22.4. The maximum Gasteiger partial charge on any atom is 0.325 e. The number of carbonyl (C=O) groups is 1. The number of fused-ring (bicyclic) bond motifs is 6. The number of carboxylic acids is 1. The van der Waals surface area contributed by atoms with Gasteiger partial charge in [0, 0.05) is 11.8 Å². The SMILES string of the molecule is CC12CCC(CN[C@@H](C(=O)O)c3ccccc3)CC1CCC1(C)C2CCC2(C)C1CCC21OCCO1. The molecule has 7 unspecified atom stereocenters. The van der Waals surface area contributed by atoms with E-state index < -0.39 is 12.0 Å². The van der Waals surface area contributed by atoms with Crippen LogP contribution < -0.4 is 5.32 Å². The van der Waals surface area contributed by atoms with Crippen molar-refractivity contribution in [1.82, 2.24) is 5.32 Å². The Kier molecular flexibility index (Phi) is 6.09. The van der Waals surface area contributed by atoms with E-state index in [0.29, 0.717) is 22.7 Å². The third-order valence-electron chi connectivity index (χ3n) is 12.2. The van der Waals surface area contributed by atoms with Crippen molar-refractivity contribution < 1.29 is 19.4 Å². The van der Waals surface area contributed by atoms with Crippen LogP contribution in [0.2, 0.25) is 0 Å². The van der Waals surface area contributed by atoms with Gasteiger partial charge >= 0.3 is 5.97 Å². The normalized spacial score (nSPS) is 44.0. The fourth-order valence-electron chi connectivity index (χ4n) is 10.4. The molecule has 5 heteroatoms. The summed E-state index contributed by atoms with van der Waals surface area (Å²) in [4.78, 5) is 12.0. The first-order chi connectivity index (χ1) is 17.2. The second kappa shape index (κ2) is 8.81. The molecule has 198 valence electrons. The summed E-state index contributed by atoms with van der Waals surface area (Å²) in [7, 11) is 0. The van der Waals surface area contributed by atoms with Crippen molar-refractivity contribution in [1.29, 1.82) is 0 Å². The van der Waals surface area contributed by atoms with Gasteiger partial charge in [0.2, 0.25) is 0 Å². The van der Waals surface area contributed by atoms with Crippen molar-refractivity contribution in [2.45, 2.75) is 90.4 Å². The molecule has 1 heterocycles. The second-order valence-corrected chi connectivity index (χ2v) is 13.5. The van der Waals surface area contributed by atoms with Crippen LogP contribution in [0.5, 0.6) is 0 Å². The van der Waals surface area contributed by atoms with Crippen LogP contribution in [0.4, 0.5) is 0 Å². The predicted molar refractivity (Wildman–Crippen MR) is 139 cm³/mol. The molecule has 36 heavy (non-hydrogen) atoms. The Morgan fingerprint density at radius 2 is 1.64 bits per heavy atom. The van der Waals surface area contributed by atoms with Gasteiger partial charge in [0.25, 0.3) is 0 Å². The number of aliphatic carboxylic acids is 1. The summed E-state index contributed by atoms with van der Waals surface area (Å²) >= 11 is 0. The minimum Gasteiger partial charge on any atom is -0.480 e. The smallest absolute Gasteiger partial charge is 0.325 e. The van der Waals surface area contributed by atoms with E-state index in [4.69, 9.17) is 9.47 Å². The van der Waals surface area contributed by atoms with Crippen molar-refractivity contribution in [3.8, 4) is 0 Å². The van der Waals surface area contributed by atoms with E-state index in [0.717, 1.165) is 43.6 Å². The molecule has 1 aromatic carbocycles. The summed E-state index contributed by atoms with van der Waals surface area (Å²) in [6.07, 6.45) is 11.2. The highest BCUT2D eigenvalue weighted by atomic mass is 16.7. The van der Waals surface area contributed by atoms with Crippen LogP contribution in [-0.2, 0) is 14.3 Å². The first-order valence-electron chi connectivity index (χ1n) is 14.5. The fraction of sp³-hybridized carbons (Fsp3) is 0.774. The summed E-state index contributed by atoms with van der Waals surface area (Å²) in [5.41, 5.74) is 1.74. The number of hydrogen-bond acceptors (Lipinski definition) is 4. The lowest BCUT2D eigenvalue weighted by Gasteiger charge is -2.66. The van der Waals surface area contributed by atoms with Gasteiger partial charge in [-0.15, -0.1) is 0 Å². The third kappa shape index (κ3) is 3.55. The Morgan fingerprint density at radius 1 is 0.944 bits per heavy atom. The van der Waals surface area contributed by atoms with Gasteiger partial charge in [-0.1, -0.05) is 51.1 Å². The molecule has 6 rings (SSSR count). The zero-order chi connectivity index (χ0) is 25.2. The lowest BCUT2D eigenvalue weighted by Crippen LogP contribution is -2.61. The van der Waals surface area contributed by atoms with Crippen LogP contribution in [0, 0.1) is 39.9 Å². The topological polar surface area (TPSA) is 67.8 Å². The van der Waals surface area contributed by atoms with Gasteiger partial charge in [-0.05, 0) is 98.0 Å². The highest BCUT2D eigenvalue weighted by Gasteiger charge is 2.70. The first-order valence-corrected chi connectivity index (χ1v) is 14.5. The van der Waals surface area contributed by atoms with Gasteiger partial charge in [-0.2, -0.15) is 0 Å². The Labute approximate surface area is 216 Å². The lowest BCUT2D eigenvalue weighted by atomic mass is 9.39. The summed E-state index contributed by atoms with van der Waals surface area (Å²) in [5, 5.41) is 13.2. The summed E-state index contributed by atoms with van der Waals surface area (Å²) in [6.45, 7) is 10.0. The van der Waals surface area contributed by atoms with Gasteiger partial charge in [0.15, 0.2) is 5.79 Å². The quantitative estimate of drug-likeness (QED) is 0.509. The van der Waals surface area contributed by atoms with Crippen LogP contribution in [0.3, 0.4) is 0 Å². The molecule has 0 radical (unpaired) electrons. The van der Waals surface area contributed by atoms with Crippen LogP contribution in [-0.4, -0.2) is 36.6 Å². The highest BCUT2D eigenvalue weighted by molar-refractivity contribution is 5.75. The van der Waals surface area contributed by atoms with E-state index in [9.17, 15) is 9.90 Å². The molecule has 5 aliphatic rings. The summed E-state index contributed by atoms with van der Waals surface area (Å²) in [6, 6.07) is 8.98. The van der Waals surface area contributed by atoms with Crippen molar-refractivity contribution >= 4 is 5.97 Å². The molecule has 2 N–H and O–H groups in total. The van der Waals surface area contributed by atoms with Gasteiger partial charge in [-0.3, -0.25) is 4.79 Å². The van der Waals surface area contributed by atoms with Crippen LogP contribution in [0.15, 0.2) is 30.3 Å². The van der Waals surface area contributed by atoms with Gasteiger partial charge in [0.1, 0.15) is 6.04 Å². The first kappa shape index (κ1) is 24.9. The molecule has 5 fully saturated rings. The Bertz CT molecular complexity index is 976. The molecule has 4 aliphatic carbocycles. The van der Waals surface area contributed by atoms with E-state index in [1.165, 1.54) is 51.4 Å². The maximum absolute atomic E-state index is 12.0. The van der Waals surface area contributed by atoms with Gasteiger partial charge in [-0.25, -0.2) is 0 Å². The second-order valence-electron chi connectivity index (χ2n) is 13.5. The zero-order valence-electron chi connectivity index (χ0n) is 22.4. The monoisotopic (exact) mass is 495 g/mol.